The minimum Gasteiger partial charge on any atom is -0.423 e. The second-order valence-corrected chi connectivity index (χ2v) is 34.8. The largest absolute Gasteiger partial charge is 0.488 e. The molecule has 0 saturated carbocycles. The molecule has 16 rings (SSSR count). The van der Waals surface area contributed by atoms with Crippen molar-refractivity contribution in [3.63, 3.8) is 0 Å². The molecule has 15 heteroatoms. The van der Waals surface area contributed by atoms with Crippen molar-refractivity contribution in [1.82, 2.24) is 9.97 Å². The van der Waals surface area contributed by atoms with Crippen LogP contribution in [0.15, 0.2) is 440 Å². The van der Waals surface area contributed by atoms with Crippen LogP contribution in [-0.2, 0) is 20.4 Å². The van der Waals surface area contributed by atoms with E-state index in [4.69, 9.17) is 10.0 Å². The van der Waals surface area contributed by atoms with E-state index >= 15 is 0 Å². The molecule has 0 amide bonds. The zero-order valence-electron chi connectivity index (χ0n) is 58.2. The Morgan fingerprint density at radius 3 is 0.617 bits per heavy atom. The number of hydrogen-bond acceptors (Lipinski definition) is 8. The molecule has 6 nitrogen and oxygen atoms in total. The molecule has 2 N–H and O–H groups in total. The minimum atomic E-state index is -1.46. The van der Waals surface area contributed by atoms with Gasteiger partial charge in [-0.2, -0.15) is 0 Å². The number of thiazole rings is 2. The summed E-state index contributed by atoms with van der Waals surface area (Å²) in [5, 5.41) is 38.9. The van der Waals surface area contributed by atoms with Crippen LogP contribution >= 0.6 is 70.3 Å². The fraction of sp³-hybridized carbons (Fsp3) is 0. The maximum Gasteiger partial charge on any atom is 0.488 e. The van der Waals surface area contributed by atoms with Crippen LogP contribution in [0.2, 0.25) is 0 Å². The number of aldehydes is 2. The van der Waals surface area contributed by atoms with Gasteiger partial charge in [-0.05, 0) is 117 Å². The van der Waals surface area contributed by atoms with Gasteiger partial charge in [-0.3, -0.25) is 9.59 Å². The topological polar surface area (TPSA) is 100 Å². The maximum absolute atomic E-state index is 10.4. The summed E-state index contributed by atoms with van der Waals surface area (Å²) in [6.07, 6.45) is 5.07. The number of rotatable bonds is 16. The second-order valence-electron chi connectivity index (χ2n) is 22.9. The first-order valence-corrected chi connectivity index (χ1v) is 42.0. The van der Waals surface area contributed by atoms with E-state index in [1.54, 1.807) is 47.2 Å². The Balaban J connectivity index is 0.000000147. The zero-order valence-corrected chi connectivity index (χ0v) is 66.6. The summed E-state index contributed by atoms with van der Waals surface area (Å²) in [7, 11) is -3.25. The predicted octanol–water partition coefficient (Wildman–Crippen LogP) is 17.5. The molecule has 0 radical (unpaired) electrons. The van der Waals surface area contributed by atoms with Crippen LogP contribution in [0.4, 0.5) is 0 Å². The van der Waals surface area contributed by atoms with Gasteiger partial charge in [-0.25, -0.2) is 9.97 Å². The Kier molecular flexibility index (Phi) is 35.5. The Morgan fingerprint density at radius 1 is 0.271 bits per heavy atom. The molecular formula is C92H76BBrN2O4P4PdS2. The van der Waals surface area contributed by atoms with Crippen molar-refractivity contribution in [3.8, 4) is 10.6 Å². The molecule has 0 spiro atoms. The van der Waals surface area contributed by atoms with E-state index in [1.807, 2.05) is 22.9 Å². The van der Waals surface area contributed by atoms with Gasteiger partial charge in [0.15, 0.2) is 3.92 Å². The summed E-state index contributed by atoms with van der Waals surface area (Å²) < 4.78 is 0.947. The van der Waals surface area contributed by atoms with E-state index in [0.29, 0.717) is 22.9 Å². The number of benzene rings is 14. The Labute approximate surface area is 664 Å². The normalized spacial score (nSPS) is 10.2. The smallest absolute Gasteiger partial charge is 0.423 e. The molecule has 0 saturated heterocycles. The van der Waals surface area contributed by atoms with Crippen molar-refractivity contribution < 1.29 is 40.1 Å². The van der Waals surface area contributed by atoms with Crippen LogP contribution in [0, 0.1) is 0 Å². The molecule has 0 unspecified atom stereocenters. The molecule has 0 aliphatic heterocycles. The first-order valence-electron chi connectivity index (χ1n) is 34.1. The fourth-order valence-corrected chi connectivity index (χ4v) is 21.4. The summed E-state index contributed by atoms with van der Waals surface area (Å²) in [5.74, 6) is 0. The number of nitrogens with zero attached hydrogens (tertiary/aromatic N) is 2. The SMILES string of the molecule is Brc1nccs1.O=Cc1ccc(-c2nccs2)cc1.O=Cc1ccc(B(O)O)cc1.[Pd].c1ccc(P(c2ccccc2)c2ccccc2)cc1.c1ccc(P(c2ccccc2)c2ccccc2)cc1.c1ccc(P(c2ccccc2)c2ccccc2)cc1.c1ccc(P(c2ccccc2)c2ccccc2)cc1. The van der Waals surface area contributed by atoms with Crippen LogP contribution in [0.1, 0.15) is 20.7 Å². The second kappa shape index (κ2) is 46.6. The first kappa shape index (κ1) is 81.6. The standard InChI is InChI=1S/4C18H15P.C10H7NOS.C7H7BO3.C3H2BrNS.Pd/c4*1-4-10-16(11-5-1)19(17-12-6-2-7-13-17)18-14-8-3-9-15-18;12-7-8-1-3-9(4-2-8)10-11-5-6-13-10;9-5-6-1-3-7(4-2-6)8(10)11;4-3-5-1-2-6-3;/h4*1-15H;1-7H;1-5,10-11H;1-2H;. The Morgan fingerprint density at radius 2 is 0.467 bits per heavy atom. The van der Waals surface area contributed by atoms with Crippen molar-refractivity contribution >= 4 is 159 Å². The number of halogens is 1. The first-order chi connectivity index (χ1) is 52.3. The quantitative estimate of drug-likeness (QED) is 0.0568. The van der Waals surface area contributed by atoms with Crippen LogP contribution in [-0.4, -0.2) is 39.7 Å². The van der Waals surface area contributed by atoms with E-state index in [-0.39, 0.29) is 20.4 Å². The van der Waals surface area contributed by atoms with Gasteiger partial charge in [0.05, 0.1) is 0 Å². The van der Waals surface area contributed by atoms with Gasteiger partial charge in [0.1, 0.15) is 17.6 Å². The Bertz CT molecular complexity index is 4140. The molecule has 530 valence electrons. The van der Waals surface area contributed by atoms with Gasteiger partial charge < -0.3 is 10.0 Å². The van der Waals surface area contributed by atoms with Crippen molar-refractivity contribution in [2.75, 3.05) is 0 Å². The van der Waals surface area contributed by atoms with E-state index < -0.39 is 38.8 Å². The fourth-order valence-electron chi connectivity index (χ4n) is 10.7. The third-order valence-electron chi connectivity index (χ3n) is 15.7. The molecule has 0 bridgehead atoms. The molecule has 0 aliphatic carbocycles. The summed E-state index contributed by atoms with van der Waals surface area (Å²) >= 11 is 6.36. The monoisotopic (exact) mass is 1660 g/mol. The van der Waals surface area contributed by atoms with Crippen LogP contribution in [0.25, 0.3) is 10.6 Å². The van der Waals surface area contributed by atoms with Gasteiger partial charge in [-0.15, -0.1) is 22.7 Å². The zero-order chi connectivity index (χ0) is 73.4. The summed E-state index contributed by atoms with van der Waals surface area (Å²) in [5.41, 5.74) is 2.66. The van der Waals surface area contributed by atoms with Crippen LogP contribution < -0.4 is 69.1 Å². The van der Waals surface area contributed by atoms with Gasteiger partial charge >= 0.3 is 7.12 Å². The average Bonchev–Trinajstić information content (AvgIpc) is 1.48. The van der Waals surface area contributed by atoms with Crippen molar-refractivity contribution in [2.24, 2.45) is 0 Å². The number of aromatic nitrogens is 2. The molecule has 0 fully saturated rings. The van der Waals surface area contributed by atoms with Gasteiger partial charge in [0.25, 0.3) is 0 Å². The predicted molar refractivity (Wildman–Crippen MR) is 465 cm³/mol. The molecule has 0 atom stereocenters. The van der Waals surface area contributed by atoms with E-state index in [1.165, 1.54) is 87.9 Å². The number of carbonyl (C=O) groups excluding carboxylic acids is 2. The van der Waals surface area contributed by atoms with Gasteiger partial charge in [0, 0.05) is 60.3 Å². The van der Waals surface area contributed by atoms with Crippen LogP contribution in [0.5, 0.6) is 0 Å². The van der Waals surface area contributed by atoms with E-state index in [9.17, 15) is 9.59 Å². The molecule has 107 heavy (non-hydrogen) atoms. The molecule has 16 aromatic rings. The van der Waals surface area contributed by atoms with Crippen molar-refractivity contribution in [3.05, 3.63) is 451 Å². The van der Waals surface area contributed by atoms with E-state index in [0.717, 1.165) is 20.8 Å². The van der Waals surface area contributed by atoms with E-state index in [2.05, 4.69) is 390 Å². The number of carbonyl (C=O) groups is 2. The summed E-state index contributed by atoms with van der Waals surface area (Å²) in [6.45, 7) is 0. The average molecular weight is 1660 g/mol. The molecule has 14 aromatic carbocycles. The summed E-state index contributed by atoms with van der Waals surface area (Å²) in [4.78, 5) is 28.6. The maximum atomic E-state index is 10.4. The number of hydrogen-bond donors (Lipinski definition) is 2. The third-order valence-corrected chi connectivity index (χ3v) is 27.6. The molecule has 0 aliphatic rings. The minimum absolute atomic E-state index is 0. The Hall–Kier alpha value is -9.47. The summed E-state index contributed by atoms with van der Waals surface area (Å²) in [6, 6.07) is 143. The third kappa shape index (κ3) is 26.5. The van der Waals surface area contributed by atoms with Crippen LogP contribution in [0.3, 0.4) is 0 Å². The molecule has 2 heterocycles. The molecular weight excluding hydrogens is 1580 g/mol. The van der Waals surface area contributed by atoms with Gasteiger partial charge in [0.2, 0.25) is 0 Å². The van der Waals surface area contributed by atoms with Crippen molar-refractivity contribution in [1.29, 1.82) is 0 Å². The van der Waals surface area contributed by atoms with Crippen molar-refractivity contribution in [2.45, 2.75) is 0 Å². The molecule has 2 aromatic heterocycles. The van der Waals surface area contributed by atoms with Gasteiger partial charge in [-0.1, -0.05) is 413 Å².